The topological polar surface area (TPSA) is 77.0 Å². The van der Waals surface area contributed by atoms with Crippen molar-refractivity contribution in [3.05, 3.63) is 29.3 Å². The van der Waals surface area contributed by atoms with Crippen molar-refractivity contribution in [1.82, 2.24) is 5.43 Å². The van der Waals surface area contributed by atoms with Crippen LogP contribution >= 0.6 is 0 Å². The largest absolute Gasteiger partial charge is 0.484 e. The lowest BCUT2D eigenvalue weighted by molar-refractivity contribution is -0.145. The van der Waals surface area contributed by atoms with Gasteiger partial charge in [0.1, 0.15) is 5.75 Å². The van der Waals surface area contributed by atoms with Crippen molar-refractivity contribution in [2.45, 2.75) is 47.5 Å². The summed E-state index contributed by atoms with van der Waals surface area (Å²) in [6.45, 7) is 9.63. The Hall–Kier alpha value is -2.37. The van der Waals surface area contributed by atoms with Crippen molar-refractivity contribution < 1.29 is 19.1 Å². The zero-order valence-electron chi connectivity index (χ0n) is 15.7. The summed E-state index contributed by atoms with van der Waals surface area (Å²) >= 11 is 0. The van der Waals surface area contributed by atoms with E-state index in [9.17, 15) is 9.59 Å². The van der Waals surface area contributed by atoms with Gasteiger partial charge in [0.2, 0.25) is 0 Å². The molecule has 0 unspecified atom stereocenters. The van der Waals surface area contributed by atoms with E-state index in [4.69, 9.17) is 9.47 Å². The molecular formula is C19H28N2O4. The number of benzene rings is 1. The third kappa shape index (κ3) is 6.95. The van der Waals surface area contributed by atoms with Gasteiger partial charge in [-0.05, 0) is 57.4 Å². The number of esters is 1. The second-order valence-corrected chi connectivity index (χ2v) is 5.92. The van der Waals surface area contributed by atoms with Crippen molar-refractivity contribution in [2.75, 3.05) is 13.2 Å². The predicted octanol–water partition coefficient (Wildman–Crippen LogP) is 3.15. The van der Waals surface area contributed by atoms with Crippen LogP contribution in [0.3, 0.4) is 0 Å². The highest BCUT2D eigenvalue weighted by Crippen LogP contribution is 2.16. The zero-order chi connectivity index (χ0) is 18.8. The van der Waals surface area contributed by atoms with Gasteiger partial charge >= 0.3 is 5.97 Å². The Morgan fingerprint density at radius 3 is 2.52 bits per heavy atom. The monoisotopic (exact) mass is 348 g/mol. The summed E-state index contributed by atoms with van der Waals surface area (Å²) < 4.78 is 10.5. The highest BCUT2D eigenvalue weighted by molar-refractivity contribution is 6.01. The number of hydrazone groups is 1. The first-order valence-electron chi connectivity index (χ1n) is 8.58. The van der Waals surface area contributed by atoms with Crippen LogP contribution in [-0.2, 0) is 14.3 Å². The van der Waals surface area contributed by atoms with E-state index in [1.165, 1.54) is 0 Å². The summed E-state index contributed by atoms with van der Waals surface area (Å²) in [7, 11) is 0. The number of aryl methyl sites for hydroxylation is 2. The Kier molecular flexibility index (Phi) is 8.67. The number of hydrogen-bond donors (Lipinski definition) is 1. The van der Waals surface area contributed by atoms with Crippen LogP contribution in [0.5, 0.6) is 5.75 Å². The van der Waals surface area contributed by atoms with Crippen LogP contribution in [0.1, 0.15) is 44.7 Å². The third-order valence-corrected chi connectivity index (χ3v) is 3.86. The lowest BCUT2D eigenvalue weighted by Gasteiger charge is -2.14. The number of carbonyl (C=O) groups excluding carboxylic acids is 2. The fourth-order valence-electron chi connectivity index (χ4n) is 2.24. The Morgan fingerprint density at radius 1 is 1.20 bits per heavy atom. The van der Waals surface area contributed by atoms with Gasteiger partial charge in [-0.3, -0.25) is 9.59 Å². The highest BCUT2D eigenvalue weighted by atomic mass is 16.5. The van der Waals surface area contributed by atoms with Crippen molar-refractivity contribution in [2.24, 2.45) is 11.0 Å². The van der Waals surface area contributed by atoms with Gasteiger partial charge in [0.05, 0.1) is 12.5 Å². The SMILES string of the molecule is CCC[C@@H](C(=O)OCC)/C(C)=N/NC(=O)COc1ccc(C)c(C)c1. The van der Waals surface area contributed by atoms with Crippen molar-refractivity contribution in [3.63, 3.8) is 0 Å². The highest BCUT2D eigenvalue weighted by Gasteiger charge is 2.22. The quantitative estimate of drug-likeness (QED) is 0.422. The molecule has 0 aliphatic rings. The molecule has 0 saturated heterocycles. The summed E-state index contributed by atoms with van der Waals surface area (Å²) in [6, 6.07) is 5.65. The minimum atomic E-state index is -0.439. The Balaban J connectivity index is 2.57. The summed E-state index contributed by atoms with van der Waals surface area (Å²) in [5.41, 5.74) is 5.22. The number of nitrogens with one attached hydrogen (secondary N) is 1. The summed E-state index contributed by atoms with van der Waals surface area (Å²) in [4.78, 5) is 23.8. The number of amides is 1. The zero-order valence-corrected chi connectivity index (χ0v) is 15.7. The van der Waals surface area contributed by atoms with Gasteiger partial charge in [0.15, 0.2) is 6.61 Å². The average molecular weight is 348 g/mol. The second kappa shape index (κ2) is 10.5. The van der Waals surface area contributed by atoms with Gasteiger partial charge in [-0.25, -0.2) is 5.43 Å². The second-order valence-electron chi connectivity index (χ2n) is 5.92. The van der Waals surface area contributed by atoms with E-state index in [0.717, 1.165) is 17.5 Å². The molecule has 0 aromatic heterocycles. The van der Waals surface area contributed by atoms with E-state index in [2.05, 4.69) is 10.5 Å². The minimum Gasteiger partial charge on any atom is -0.484 e. The number of rotatable bonds is 9. The summed E-state index contributed by atoms with van der Waals surface area (Å²) in [5, 5.41) is 4.03. The molecule has 0 aliphatic heterocycles. The van der Waals surface area contributed by atoms with E-state index < -0.39 is 5.92 Å². The molecule has 6 nitrogen and oxygen atoms in total. The van der Waals surface area contributed by atoms with Crippen LogP contribution in [-0.4, -0.2) is 30.8 Å². The lowest BCUT2D eigenvalue weighted by Crippen LogP contribution is -2.30. The first-order chi connectivity index (χ1) is 11.9. The molecule has 1 aromatic carbocycles. The van der Waals surface area contributed by atoms with Gasteiger partial charge in [0, 0.05) is 5.71 Å². The molecule has 0 heterocycles. The minimum absolute atomic E-state index is 0.142. The molecule has 6 heteroatoms. The maximum absolute atomic E-state index is 11.9. The van der Waals surface area contributed by atoms with Crippen molar-refractivity contribution in [1.29, 1.82) is 0 Å². The molecule has 1 atom stereocenters. The Bertz CT molecular complexity index is 626. The van der Waals surface area contributed by atoms with E-state index in [1.807, 2.05) is 39.0 Å². The van der Waals surface area contributed by atoms with Gasteiger partial charge in [-0.2, -0.15) is 5.10 Å². The molecule has 25 heavy (non-hydrogen) atoms. The number of nitrogens with zero attached hydrogens (tertiary/aromatic N) is 1. The molecule has 1 N–H and O–H groups in total. The molecule has 138 valence electrons. The molecule has 0 saturated carbocycles. The number of carbonyl (C=O) groups is 2. The molecular weight excluding hydrogens is 320 g/mol. The normalized spacial score (nSPS) is 12.4. The Labute approximate surface area is 149 Å². The first kappa shape index (κ1) is 20.7. The average Bonchev–Trinajstić information content (AvgIpc) is 2.58. The number of hydrogen-bond acceptors (Lipinski definition) is 5. The van der Waals surface area contributed by atoms with Crippen LogP contribution in [0, 0.1) is 19.8 Å². The molecule has 0 bridgehead atoms. The van der Waals surface area contributed by atoms with Crippen LogP contribution < -0.4 is 10.2 Å². The van der Waals surface area contributed by atoms with Crippen molar-refractivity contribution >= 4 is 17.6 Å². The van der Waals surface area contributed by atoms with Crippen LogP contribution in [0.2, 0.25) is 0 Å². The van der Waals surface area contributed by atoms with Crippen LogP contribution in [0.15, 0.2) is 23.3 Å². The van der Waals surface area contributed by atoms with Crippen LogP contribution in [0.25, 0.3) is 0 Å². The molecule has 1 aromatic rings. The predicted molar refractivity (Wildman–Crippen MR) is 97.7 cm³/mol. The lowest BCUT2D eigenvalue weighted by atomic mass is 9.99. The van der Waals surface area contributed by atoms with Crippen LogP contribution in [0.4, 0.5) is 0 Å². The Morgan fingerprint density at radius 2 is 1.92 bits per heavy atom. The molecule has 0 spiro atoms. The number of ether oxygens (including phenoxy) is 2. The van der Waals surface area contributed by atoms with Gasteiger partial charge in [-0.1, -0.05) is 19.4 Å². The molecule has 0 radical (unpaired) electrons. The van der Waals surface area contributed by atoms with E-state index in [-0.39, 0.29) is 18.5 Å². The van der Waals surface area contributed by atoms with Gasteiger partial charge in [0.25, 0.3) is 5.91 Å². The molecule has 1 amide bonds. The summed E-state index contributed by atoms with van der Waals surface area (Å²) in [6.07, 6.45) is 1.45. The molecule has 0 aliphatic carbocycles. The van der Waals surface area contributed by atoms with E-state index in [1.54, 1.807) is 13.8 Å². The molecule has 1 rings (SSSR count). The van der Waals surface area contributed by atoms with E-state index >= 15 is 0 Å². The maximum atomic E-state index is 11.9. The van der Waals surface area contributed by atoms with Crippen molar-refractivity contribution in [3.8, 4) is 5.75 Å². The standard InChI is InChI=1S/C19H28N2O4/c1-6-8-17(19(23)24-7-2)15(5)20-21-18(22)12-25-16-10-9-13(3)14(4)11-16/h9-11,17H,6-8,12H2,1-5H3,(H,21,22)/b20-15+/t17-/m1/s1. The fraction of sp³-hybridized carbons (Fsp3) is 0.526. The first-order valence-corrected chi connectivity index (χ1v) is 8.58. The smallest absolute Gasteiger partial charge is 0.314 e. The third-order valence-electron chi connectivity index (χ3n) is 3.86. The van der Waals surface area contributed by atoms with Gasteiger partial charge < -0.3 is 9.47 Å². The van der Waals surface area contributed by atoms with E-state index in [0.29, 0.717) is 24.5 Å². The summed E-state index contributed by atoms with van der Waals surface area (Å²) in [5.74, 6) is -0.497. The molecule has 0 fully saturated rings. The van der Waals surface area contributed by atoms with Gasteiger partial charge in [-0.15, -0.1) is 0 Å². The maximum Gasteiger partial charge on any atom is 0.314 e. The fourth-order valence-corrected chi connectivity index (χ4v) is 2.24.